The fourth-order valence-electron chi connectivity index (χ4n) is 1.51. The van der Waals surface area contributed by atoms with Gasteiger partial charge in [-0.1, -0.05) is 0 Å². The van der Waals surface area contributed by atoms with Crippen LogP contribution in [-0.2, 0) is 6.54 Å². The smallest absolute Gasteiger partial charge is 0.293 e. The lowest BCUT2D eigenvalue weighted by Crippen LogP contribution is -2.04. The molecule has 2 rings (SSSR count). The summed E-state index contributed by atoms with van der Waals surface area (Å²) in [5.41, 5.74) is 1.12. The fraction of sp³-hybridized carbons (Fsp3) is 0.0833. The van der Waals surface area contributed by atoms with Crippen LogP contribution in [0.2, 0.25) is 0 Å². The molecular formula is C12H9N5O2. The minimum Gasteiger partial charge on any atom is -0.374 e. The van der Waals surface area contributed by atoms with Crippen molar-refractivity contribution in [3.05, 3.63) is 58.2 Å². The number of nitrogens with one attached hydrogen (secondary N) is 1. The number of anilines is 1. The maximum atomic E-state index is 10.9. The number of aromatic nitrogens is 2. The van der Waals surface area contributed by atoms with E-state index in [1.165, 1.54) is 18.2 Å². The van der Waals surface area contributed by atoms with Crippen molar-refractivity contribution in [3.63, 3.8) is 0 Å². The Hall–Kier alpha value is -3.01. The van der Waals surface area contributed by atoms with E-state index in [0.717, 1.165) is 0 Å². The molecule has 0 atom stereocenters. The number of nitriles is 1. The molecule has 94 valence electrons. The van der Waals surface area contributed by atoms with Gasteiger partial charge in [-0.15, -0.1) is 0 Å². The van der Waals surface area contributed by atoms with Gasteiger partial charge >= 0.3 is 0 Å². The zero-order valence-corrected chi connectivity index (χ0v) is 9.78. The normalized spacial score (nSPS) is 9.63. The van der Waals surface area contributed by atoms with Gasteiger partial charge in [-0.3, -0.25) is 20.1 Å². The lowest BCUT2D eigenvalue weighted by Gasteiger charge is -2.06. The average molecular weight is 255 g/mol. The molecular weight excluding hydrogens is 246 g/mol. The monoisotopic (exact) mass is 255 g/mol. The average Bonchev–Trinajstić information content (AvgIpc) is 2.46. The molecule has 7 heteroatoms. The number of hydrogen-bond acceptors (Lipinski definition) is 6. The Kier molecular flexibility index (Phi) is 3.64. The Morgan fingerprint density at radius 1 is 1.42 bits per heavy atom. The van der Waals surface area contributed by atoms with Crippen molar-refractivity contribution in [1.82, 2.24) is 9.97 Å². The molecule has 2 aromatic rings. The highest BCUT2D eigenvalue weighted by Crippen LogP contribution is 2.25. The third-order valence-electron chi connectivity index (χ3n) is 2.40. The van der Waals surface area contributed by atoms with Gasteiger partial charge in [0.15, 0.2) is 0 Å². The van der Waals surface area contributed by atoms with Crippen LogP contribution in [0.25, 0.3) is 0 Å². The summed E-state index contributed by atoms with van der Waals surface area (Å²) in [5, 5.41) is 22.6. The third kappa shape index (κ3) is 3.01. The summed E-state index contributed by atoms with van der Waals surface area (Å²) < 4.78 is 0. The predicted molar refractivity (Wildman–Crippen MR) is 67.2 cm³/mol. The lowest BCUT2D eigenvalue weighted by molar-refractivity contribution is -0.384. The Balaban J connectivity index is 2.21. The van der Waals surface area contributed by atoms with Crippen molar-refractivity contribution in [2.45, 2.75) is 6.54 Å². The van der Waals surface area contributed by atoms with Gasteiger partial charge in [-0.25, -0.2) is 0 Å². The van der Waals surface area contributed by atoms with Gasteiger partial charge in [0.1, 0.15) is 5.69 Å². The SMILES string of the molecule is N#Cc1ccc(NCc2cnccn2)c([N+](=O)[O-])c1. The van der Waals surface area contributed by atoms with Crippen LogP contribution in [0.5, 0.6) is 0 Å². The molecule has 19 heavy (non-hydrogen) atoms. The van der Waals surface area contributed by atoms with Gasteiger partial charge in [-0.2, -0.15) is 5.26 Å². The minimum absolute atomic E-state index is 0.136. The summed E-state index contributed by atoms with van der Waals surface area (Å²) >= 11 is 0. The van der Waals surface area contributed by atoms with Gasteiger partial charge in [0.2, 0.25) is 0 Å². The number of hydrogen-bond donors (Lipinski definition) is 1. The summed E-state index contributed by atoms with van der Waals surface area (Å²) in [6.45, 7) is 0.320. The Bertz CT molecular complexity index is 636. The first-order chi connectivity index (χ1) is 9.20. The van der Waals surface area contributed by atoms with Crippen molar-refractivity contribution in [2.75, 3.05) is 5.32 Å². The Labute approximate surface area is 108 Å². The largest absolute Gasteiger partial charge is 0.374 e. The van der Waals surface area contributed by atoms with E-state index < -0.39 is 4.92 Å². The van der Waals surface area contributed by atoms with Gasteiger partial charge < -0.3 is 5.32 Å². The Morgan fingerprint density at radius 3 is 2.89 bits per heavy atom. The summed E-state index contributed by atoms with van der Waals surface area (Å²) in [6, 6.07) is 6.13. The molecule has 0 saturated heterocycles. The van der Waals surface area contributed by atoms with Gasteiger partial charge in [0, 0.05) is 18.5 Å². The van der Waals surface area contributed by atoms with Crippen molar-refractivity contribution < 1.29 is 4.92 Å². The topological polar surface area (TPSA) is 105 Å². The summed E-state index contributed by atoms with van der Waals surface area (Å²) in [6.07, 6.45) is 4.67. The summed E-state index contributed by atoms with van der Waals surface area (Å²) in [7, 11) is 0. The molecule has 0 saturated carbocycles. The molecule has 0 spiro atoms. The van der Waals surface area contributed by atoms with E-state index in [1.807, 2.05) is 6.07 Å². The second kappa shape index (κ2) is 5.55. The first-order valence-corrected chi connectivity index (χ1v) is 5.38. The molecule has 1 heterocycles. The molecule has 7 nitrogen and oxygen atoms in total. The van der Waals surface area contributed by atoms with Crippen LogP contribution in [0.1, 0.15) is 11.3 Å². The number of nitro benzene ring substituents is 1. The van der Waals surface area contributed by atoms with Crippen molar-refractivity contribution in [3.8, 4) is 6.07 Å². The van der Waals surface area contributed by atoms with Crippen LogP contribution >= 0.6 is 0 Å². The van der Waals surface area contributed by atoms with E-state index in [0.29, 0.717) is 17.9 Å². The minimum atomic E-state index is -0.528. The zero-order valence-electron chi connectivity index (χ0n) is 9.78. The van der Waals surface area contributed by atoms with E-state index >= 15 is 0 Å². The number of benzene rings is 1. The van der Waals surface area contributed by atoms with Crippen molar-refractivity contribution in [1.29, 1.82) is 5.26 Å². The quantitative estimate of drug-likeness (QED) is 0.660. The molecule has 0 amide bonds. The van der Waals surface area contributed by atoms with E-state index in [4.69, 9.17) is 5.26 Å². The maximum absolute atomic E-state index is 10.9. The molecule has 1 aromatic carbocycles. The first-order valence-electron chi connectivity index (χ1n) is 5.38. The molecule has 0 aliphatic heterocycles. The van der Waals surface area contributed by atoms with Crippen molar-refractivity contribution in [2.24, 2.45) is 0 Å². The van der Waals surface area contributed by atoms with E-state index in [-0.39, 0.29) is 11.3 Å². The molecule has 0 unspecified atom stereocenters. The number of nitrogens with zero attached hydrogens (tertiary/aromatic N) is 4. The zero-order chi connectivity index (χ0) is 13.7. The summed E-state index contributed by atoms with van der Waals surface area (Å²) in [4.78, 5) is 18.4. The van der Waals surface area contributed by atoms with Crippen molar-refractivity contribution >= 4 is 11.4 Å². The van der Waals surface area contributed by atoms with Gasteiger partial charge in [-0.05, 0) is 12.1 Å². The van der Waals surface area contributed by atoms with Gasteiger partial charge in [0.05, 0.1) is 35.0 Å². The Morgan fingerprint density at radius 2 is 2.26 bits per heavy atom. The van der Waals surface area contributed by atoms with Crippen LogP contribution in [0.3, 0.4) is 0 Å². The van der Waals surface area contributed by atoms with Crippen LogP contribution in [0, 0.1) is 21.4 Å². The van der Waals surface area contributed by atoms with Crippen LogP contribution in [0.4, 0.5) is 11.4 Å². The molecule has 1 aromatic heterocycles. The second-order valence-corrected chi connectivity index (χ2v) is 3.65. The van der Waals surface area contributed by atoms with E-state index in [1.54, 1.807) is 18.6 Å². The second-order valence-electron chi connectivity index (χ2n) is 3.65. The standard InChI is InChI=1S/C12H9N5O2/c13-6-9-1-2-11(12(5-9)17(18)19)16-8-10-7-14-3-4-15-10/h1-5,7,16H,8H2. The highest BCUT2D eigenvalue weighted by atomic mass is 16.6. The molecule has 0 aliphatic rings. The summed E-state index contributed by atoms with van der Waals surface area (Å²) in [5.74, 6) is 0. The molecule has 1 N–H and O–H groups in total. The molecule has 0 bridgehead atoms. The molecule has 0 fully saturated rings. The lowest BCUT2D eigenvalue weighted by atomic mass is 10.2. The molecule has 0 aliphatic carbocycles. The first kappa shape index (κ1) is 12.4. The van der Waals surface area contributed by atoms with Crippen LogP contribution in [-0.4, -0.2) is 14.9 Å². The van der Waals surface area contributed by atoms with Crippen LogP contribution in [0.15, 0.2) is 36.8 Å². The fourth-order valence-corrected chi connectivity index (χ4v) is 1.51. The maximum Gasteiger partial charge on any atom is 0.293 e. The predicted octanol–water partition coefficient (Wildman–Crippen LogP) is 1.87. The number of rotatable bonds is 4. The third-order valence-corrected chi connectivity index (χ3v) is 2.40. The van der Waals surface area contributed by atoms with Gasteiger partial charge in [0.25, 0.3) is 5.69 Å². The van der Waals surface area contributed by atoms with E-state index in [9.17, 15) is 10.1 Å². The number of nitro groups is 1. The molecule has 0 radical (unpaired) electrons. The highest BCUT2D eigenvalue weighted by Gasteiger charge is 2.14. The van der Waals surface area contributed by atoms with Crippen LogP contribution < -0.4 is 5.32 Å². The van der Waals surface area contributed by atoms with E-state index in [2.05, 4.69) is 15.3 Å². The highest BCUT2D eigenvalue weighted by molar-refractivity contribution is 5.64.